The standard InChI is InChI=1S/C53H84N9O10P/c1-14-37(4)50(59(11)52(67)49(36(2)3)54-53(57(7)8)58(9)10)46(70-12)32-48(66)61-26-18-23-44(61)51(71-13)39(6)45(64)31-43(30-40-20-16-15-17-21-40)73(68,69)35-42(63)22-19-28-72-29-27-60-33-41(55-56-60)34-62-38(5)24-25-47(62)65/h15-17,20-21,24-25,33,36-37,39,43-44,46,49-51H,5,14,18-19,22-23,26-32,34-35H2,1-4,6-13H3,(H,68,69)/t37-,39-,43+,44-,46+,49-,50-,51+/m0/s1. The minimum absolute atomic E-state index is 0.00897. The summed E-state index contributed by atoms with van der Waals surface area (Å²) in [6.45, 7) is 15.3. The van der Waals surface area contributed by atoms with Crippen molar-refractivity contribution in [2.24, 2.45) is 22.7 Å². The second-order valence-corrected chi connectivity index (χ2v) is 23.0. The van der Waals surface area contributed by atoms with Crippen molar-refractivity contribution in [2.75, 3.05) is 75.4 Å². The summed E-state index contributed by atoms with van der Waals surface area (Å²) < 4.78 is 33.7. The fourth-order valence-electron chi connectivity index (χ4n) is 9.90. The van der Waals surface area contributed by atoms with Gasteiger partial charge < -0.3 is 43.6 Å². The van der Waals surface area contributed by atoms with Gasteiger partial charge in [0.05, 0.1) is 62.8 Å². The molecule has 1 aromatic carbocycles. The molecule has 73 heavy (non-hydrogen) atoms. The Balaban J connectivity index is 1.39. The molecular formula is C53H84N9O10P. The number of likely N-dealkylation sites (tertiary alicyclic amines) is 1. The lowest BCUT2D eigenvalue weighted by Gasteiger charge is -2.40. The SMILES string of the molecule is C=C1C=CC(=O)N1Cc1cn(CCOCCCC(=O)CP(=O)(O)[C@@H](CC(=O)[C@H](C)[C@@H](OC)[C@@H]2CCCN2C(=O)C[C@@H](OC)[C@H]([C@@H](C)CC)N(C)C(=O)[C@@H](N=C(N(C)C)N(C)C)C(C)C)Cc2ccccc2)nn1. The average Bonchev–Trinajstić information content (AvgIpc) is 4.10. The number of aliphatic imine (C=N–C) groups is 1. The summed E-state index contributed by atoms with van der Waals surface area (Å²) in [5, 5.41) is 8.21. The third kappa shape index (κ3) is 17.0. The number of hydrogen-bond acceptors (Lipinski definition) is 12. The number of rotatable bonds is 30. The largest absolute Gasteiger partial charge is 0.380 e. The van der Waals surface area contributed by atoms with Crippen LogP contribution in [-0.2, 0) is 62.3 Å². The molecule has 20 heteroatoms. The van der Waals surface area contributed by atoms with Crippen molar-refractivity contribution in [2.45, 2.75) is 135 Å². The Bertz CT molecular complexity index is 2240. The third-order valence-electron chi connectivity index (χ3n) is 14.2. The monoisotopic (exact) mass is 1040 g/mol. The molecular weight excluding hydrogens is 954 g/mol. The molecule has 0 spiro atoms. The number of hydrogen-bond donors (Lipinski definition) is 1. The van der Waals surface area contributed by atoms with E-state index in [-0.39, 0.29) is 74.2 Å². The number of likely N-dealkylation sites (N-methyl/N-ethyl adjacent to an activating group) is 1. The number of ketones is 2. The van der Waals surface area contributed by atoms with Crippen LogP contribution in [0.1, 0.15) is 90.8 Å². The van der Waals surface area contributed by atoms with E-state index < -0.39 is 61.2 Å². The number of ether oxygens (including phenoxy) is 3. The molecule has 3 heterocycles. The number of carbonyl (C=O) groups is 5. The van der Waals surface area contributed by atoms with Crippen molar-refractivity contribution in [3.63, 3.8) is 0 Å². The maximum atomic E-state index is 14.5. The number of amides is 3. The summed E-state index contributed by atoms with van der Waals surface area (Å²) in [6, 6.07) is 7.57. The van der Waals surface area contributed by atoms with Gasteiger partial charge in [0, 0.05) is 98.8 Å². The highest BCUT2D eigenvalue weighted by Crippen LogP contribution is 2.50. The van der Waals surface area contributed by atoms with E-state index in [0.717, 1.165) is 12.0 Å². The van der Waals surface area contributed by atoms with E-state index in [1.807, 2.05) is 89.1 Å². The minimum Gasteiger partial charge on any atom is -0.380 e. The number of benzene rings is 1. The van der Waals surface area contributed by atoms with Crippen LogP contribution in [0.4, 0.5) is 0 Å². The number of Topliss-reactive ketones (excluding diaryl/α,β-unsaturated/α-hetero) is 2. The number of nitrogens with zero attached hydrogens (tertiary/aromatic N) is 9. The van der Waals surface area contributed by atoms with Crippen molar-refractivity contribution in [3.05, 3.63) is 72.2 Å². The third-order valence-corrected chi connectivity index (χ3v) is 16.5. The van der Waals surface area contributed by atoms with Crippen LogP contribution in [0.3, 0.4) is 0 Å². The molecule has 2 aromatic rings. The number of allylic oxidation sites excluding steroid dienone is 1. The van der Waals surface area contributed by atoms with Crippen molar-refractivity contribution in [1.82, 2.24) is 39.5 Å². The highest BCUT2D eigenvalue weighted by molar-refractivity contribution is 7.59. The zero-order valence-corrected chi connectivity index (χ0v) is 46.4. The first kappa shape index (κ1) is 60.5. The van der Waals surface area contributed by atoms with Gasteiger partial charge in [0.1, 0.15) is 23.3 Å². The van der Waals surface area contributed by atoms with Crippen LogP contribution >= 0.6 is 7.37 Å². The molecule has 406 valence electrons. The van der Waals surface area contributed by atoms with E-state index in [1.165, 1.54) is 18.1 Å². The van der Waals surface area contributed by atoms with Crippen LogP contribution in [0, 0.1) is 17.8 Å². The Hall–Kier alpha value is -5.07. The number of carbonyl (C=O) groups excluding carboxylic acids is 5. The average molecular weight is 1040 g/mol. The minimum atomic E-state index is -4.23. The Labute approximate surface area is 433 Å². The molecule has 0 aliphatic carbocycles. The molecule has 1 fully saturated rings. The molecule has 1 saturated heterocycles. The fraction of sp³-hybridized carbons (Fsp3) is 0.660. The summed E-state index contributed by atoms with van der Waals surface area (Å²) in [6.07, 6.45) is 5.08. The van der Waals surface area contributed by atoms with Gasteiger partial charge in [0.25, 0.3) is 5.91 Å². The van der Waals surface area contributed by atoms with Gasteiger partial charge in [-0.1, -0.05) is 83.2 Å². The Morgan fingerprint density at radius 1 is 0.973 bits per heavy atom. The molecule has 9 atom stereocenters. The van der Waals surface area contributed by atoms with Gasteiger partial charge in [-0.15, -0.1) is 5.10 Å². The maximum absolute atomic E-state index is 14.5. The summed E-state index contributed by atoms with van der Waals surface area (Å²) in [4.78, 5) is 93.8. The van der Waals surface area contributed by atoms with E-state index in [4.69, 9.17) is 19.2 Å². The highest BCUT2D eigenvalue weighted by atomic mass is 31.2. The quantitative estimate of drug-likeness (QED) is 0.0455. The smallest absolute Gasteiger partial charge is 0.251 e. The molecule has 2 aliphatic rings. The second-order valence-electron chi connectivity index (χ2n) is 20.4. The summed E-state index contributed by atoms with van der Waals surface area (Å²) >= 11 is 0. The maximum Gasteiger partial charge on any atom is 0.251 e. The van der Waals surface area contributed by atoms with Crippen LogP contribution in [0.25, 0.3) is 0 Å². The number of aromatic nitrogens is 3. The van der Waals surface area contributed by atoms with Crippen LogP contribution < -0.4 is 0 Å². The van der Waals surface area contributed by atoms with Gasteiger partial charge in [-0.3, -0.25) is 28.5 Å². The molecule has 3 amide bonds. The summed E-state index contributed by atoms with van der Waals surface area (Å²) in [5.41, 5.74) is 0.919. The lowest BCUT2D eigenvalue weighted by molar-refractivity contribution is -0.146. The van der Waals surface area contributed by atoms with Crippen molar-refractivity contribution in [3.8, 4) is 0 Å². The second kappa shape index (κ2) is 28.6. The Kier molecular flexibility index (Phi) is 23.7. The normalized spacial score (nSPS) is 18.5. The van der Waals surface area contributed by atoms with E-state index >= 15 is 0 Å². The van der Waals surface area contributed by atoms with Gasteiger partial charge >= 0.3 is 0 Å². The molecule has 19 nitrogen and oxygen atoms in total. The van der Waals surface area contributed by atoms with E-state index in [2.05, 4.69) is 23.8 Å². The highest BCUT2D eigenvalue weighted by Gasteiger charge is 2.44. The van der Waals surface area contributed by atoms with Gasteiger partial charge in [-0.25, -0.2) is 9.67 Å². The van der Waals surface area contributed by atoms with Crippen LogP contribution in [0.5, 0.6) is 0 Å². The zero-order valence-electron chi connectivity index (χ0n) is 45.5. The van der Waals surface area contributed by atoms with Crippen molar-refractivity contribution >= 4 is 42.6 Å². The molecule has 2 aliphatic heterocycles. The number of methoxy groups -OCH3 is 2. The lowest BCUT2D eigenvalue weighted by Crippen LogP contribution is -2.55. The fourth-order valence-corrected chi connectivity index (χ4v) is 11.8. The first-order valence-corrected chi connectivity index (χ1v) is 27.5. The molecule has 0 radical (unpaired) electrons. The Morgan fingerprint density at radius 2 is 1.66 bits per heavy atom. The predicted octanol–water partition coefficient (Wildman–Crippen LogP) is 5.32. The van der Waals surface area contributed by atoms with Crippen LogP contribution in [-0.4, -0.2) is 191 Å². The predicted molar refractivity (Wildman–Crippen MR) is 282 cm³/mol. The first-order valence-electron chi connectivity index (χ1n) is 25.6. The molecule has 1 aromatic heterocycles. The zero-order chi connectivity index (χ0) is 54.2. The molecule has 1 unspecified atom stereocenters. The van der Waals surface area contributed by atoms with E-state index in [9.17, 15) is 33.4 Å². The van der Waals surface area contributed by atoms with E-state index in [1.54, 1.807) is 47.8 Å². The molecule has 0 bridgehead atoms. The van der Waals surface area contributed by atoms with Crippen molar-refractivity contribution < 1.29 is 47.6 Å². The van der Waals surface area contributed by atoms with Gasteiger partial charge in [-0.2, -0.15) is 0 Å². The first-order chi connectivity index (χ1) is 34.5. The molecule has 0 saturated carbocycles. The van der Waals surface area contributed by atoms with Crippen molar-refractivity contribution in [1.29, 1.82) is 0 Å². The van der Waals surface area contributed by atoms with Gasteiger partial charge in [0.2, 0.25) is 19.2 Å². The summed E-state index contributed by atoms with van der Waals surface area (Å²) in [7, 11) is 8.15. The summed E-state index contributed by atoms with van der Waals surface area (Å²) in [5.74, 6) is -1.44. The molecule has 4 rings (SSSR count). The number of guanidine groups is 1. The van der Waals surface area contributed by atoms with Crippen LogP contribution in [0.15, 0.2) is 65.9 Å². The lowest BCUT2D eigenvalue weighted by atomic mass is 9.88. The molecule has 1 N–H and O–H groups in total. The van der Waals surface area contributed by atoms with Gasteiger partial charge in [0.15, 0.2) is 5.96 Å². The van der Waals surface area contributed by atoms with E-state index in [0.29, 0.717) is 56.3 Å². The van der Waals surface area contributed by atoms with Gasteiger partial charge in [-0.05, 0) is 49.2 Å². The Morgan fingerprint density at radius 3 is 2.25 bits per heavy atom. The van der Waals surface area contributed by atoms with Crippen LogP contribution in [0.2, 0.25) is 0 Å². The topological polar surface area (TPSA) is 210 Å².